The summed E-state index contributed by atoms with van der Waals surface area (Å²) in [5, 5.41) is 8.39. The molecule has 0 radical (unpaired) electrons. The predicted molar refractivity (Wildman–Crippen MR) is 52.8 cm³/mol. The molecule has 1 rings (SSSR count). The number of rotatable bonds is 2. The van der Waals surface area contributed by atoms with E-state index in [4.69, 9.17) is 5.26 Å². The van der Waals surface area contributed by atoms with E-state index >= 15 is 0 Å². The number of nitrogens with zero attached hydrogens (tertiary/aromatic N) is 1. The Bertz CT molecular complexity index is 312. The second kappa shape index (κ2) is 4.27. The first-order chi connectivity index (χ1) is 5.74. The average molecular weight is 224 g/mol. The van der Waals surface area contributed by atoms with Gasteiger partial charge in [0.15, 0.2) is 0 Å². The minimum Gasteiger partial charge on any atom is -0.198 e. The summed E-state index contributed by atoms with van der Waals surface area (Å²) in [4.78, 5) is 0. The highest BCUT2D eigenvalue weighted by molar-refractivity contribution is 9.10. The first-order valence-corrected chi connectivity index (χ1v) is 4.65. The molecule has 0 N–H and O–H groups in total. The summed E-state index contributed by atoms with van der Waals surface area (Å²) < 4.78 is 1.12. The van der Waals surface area contributed by atoms with Gasteiger partial charge in [0.1, 0.15) is 0 Å². The van der Waals surface area contributed by atoms with E-state index in [2.05, 4.69) is 47.1 Å². The second-order valence-corrected chi connectivity index (χ2v) is 3.60. The van der Waals surface area contributed by atoms with Gasteiger partial charge in [0.25, 0.3) is 0 Å². The third kappa shape index (κ3) is 2.35. The number of hydrogen-bond acceptors (Lipinski definition) is 1. The lowest BCUT2D eigenvalue weighted by Crippen LogP contribution is -1.84. The van der Waals surface area contributed by atoms with Gasteiger partial charge in [-0.05, 0) is 30.5 Å². The summed E-state index contributed by atoms with van der Waals surface area (Å²) in [7, 11) is 0. The molecule has 12 heavy (non-hydrogen) atoms. The monoisotopic (exact) mass is 223 g/mol. The van der Waals surface area contributed by atoms with Crippen LogP contribution in [0.5, 0.6) is 0 Å². The lowest BCUT2D eigenvalue weighted by molar-refractivity contribution is 1.01. The molecule has 1 aromatic rings. The highest BCUT2D eigenvalue weighted by atomic mass is 79.9. The number of nitriles is 1. The maximum atomic E-state index is 8.39. The Morgan fingerprint density at radius 2 is 2.25 bits per heavy atom. The Balaban J connectivity index is 2.77. The Morgan fingerprint density at radius 1 is 1.50 bits per heavy atom. The molecule has 0 fully saturated rings. The molecule has 2 heteroatoms. The summed E-state index contributed by atoms with van der Waals surface area (Å²) in [5.74, 6) is 0. The van der Waals surface area contributed by atoms with Crippen LogP contribution in [0.25, 0.3) is 0 Å². The van der Waals surface area contributed by atoms with Crippen molar-refractivity contribution >= 4 is 15.9 Å². The molecule has 0 aliphatic heterocycles. The SMILES string of the molecule is Cc1ccc(CCC#N)cc1Br. The van der Waals surface area contributed by atoms with Gasteiger partial charge in [-0.2, -0.15) is 5.26 Å². The summed E-state index contributed by atoms with van der Waals surface area (Å²) in [6.07, 6.45) is 1.44. The Kier molecular flexibility index (Phi) is 3.31. The van der Waals surface area contributed by atoms with Gasteiger partial charge >= 0.3 is 0 Å². The summed E-state index contributed by atoms with van der Waals surface area (Å²) in [6.45, 7) is 2.05. The fourth-order valence-electron chi connectivity index (χ4n) is 0.992. The molecular formula is C10H10BrN. The minimum absolute atomic E-state index is 0.593. The normalized spacial score (nSPS) is 9.42. The van der Waals surface area contributed by atoms with Crippen molar-refractivity contribution in [3.05, 3.63) is 33.8 Å². The molecule has 0 unspecified atom stereocenters. The van der Waals surface area contributed by atoms with Crippen molar-refractivity contribution in [1.82, 2.24) is 0 Å². The molecule has 0 saturated heterocycles. The molecule has 0 bridgehead atoms. The number of aryl methyl sites for hydroxylation is 2. The van der Waals surface area contributed by atoms with E-state index in [0.717, 1.165) is 10.9 Å². The highest BCUT2D eigenvalue weighted by Crippen LogP contribution is 2.18. The van der Waals surface area contributed by atoms with Gasteiger partial charge < -0.3 is 0 Å². The number of hydrogen-bond donors (Lipinski definition) is 0. The summed E-state index contributed by atoms with van der Waals surface area (Å²) >= 11 is 3.46. The smallest absolute Gasteiger partial charge is 0.0625 e. The Labute approximate surface area is 81.2 Å². The fraction of sp³-hybridized carbons (Fsp3) is 0.300. The van der Waals surface area contributed by atoms with Crippen LogP contribution in [0, 0.1) is 18.3 Å². The van der Waals surface area contributed by atoms with E-state index in [0.29, 0.717) is 6.42 Å². The molecule has 1 nitrogen and oxygen atoms in total. The van der Waals surface area contributed by atoms with Crippen molar-refractivity contribution in [3.63, 3.8) is 0 Å². The molecule has 0 heterocycles. The Morgan fingerprint density at radius 3 is 2.83 bits per heavy atom. The van der Waals surface area contributed by atoms with Crippen molar-refractivity contribution in [1.29, 1.82) is 5.26 Å². The van der Waals surface area contributed by atoms with Crippen LogP contribution in [0.3, 0.4) is 0 Å². The first kappa shape index (κ1) is 9.28. The quantitative estimate of drug-likeness (QED) is 0.756. The zero-order valence-electron chi connectivity index (χ0n) is 6.97. The topological polar surface area (TPSA) is 23.8 Å². The molecule has 0 amide bonds. The van der Waals surface area contributed by atoms with Crippen LogP contribution in [0.2, 0.25) is 0 Å². The molecule has 0 spiro atoms. The fourth-order valence-corrected chi connectivity index (χ4v) is 1.42. The first-order valence-electron chi connectivity index (χ1n) is 3.86. The molecule has 0 atom stereocenters. The van der Waals surface area contributed by atoms with Crippen molar-refractivity contribution in [2.75, 3.05) is 0 Å². The summed E-state index contributed by atoms with van der Waals surface area (Å²) in [6, 6.07) is 8.34. The van der Waals surface area contributed by atoms with Gasteiger partial charge in [-0.3, -0.25) is 0 Å². The molecule has 0 aromatic heterocycles. The largest absolute Gasteiger partial charge is 0.198 e. The molecular weight excluding hydrogens is 214 g/mol. The van der Waals surface area contributed by atoms with Crippen molar-refractivity contribution in [3.8, 4) is 6.07 Å². The van der Waals surface area contributed by atoms with Gasteiger partial charge in [0.2, 0.25) is 0 Å². The van der Waals surface area contributed by atoms with Gasteiger partial charge in [-0.25, -0.2) is 0 Å². The van der Waals surface area contributed by atoms with Crippen LogP contribution in [-0.2, 0) is 6.42 Å². The molecule has 0 aliphatic carbocycles. The van der Waals surface area contributed by atoms with E-state index in [-0.39, 0.29) is 0 Å². The van der Waals surface area contributed by atoms with Crippen LogP contribution in [-0.4, -0.2) is 0 Å². The third-order valence-electron chi connectivity index (χ3n) is 1.76. The maximum Gasteiger partial charge on any atom is 0.0625 e. The zero-order valence-corrected chi connectivity index (χ0v) is 8.56. The van der Waals surface area contributed by atoms with Crippen LogP contribution >= 0.6 is 15.9 Å². The van der Waals surface area contributed by atoms with Crippen molar-refractivity contribution in [2.45, 2.75) is 19.8 Å². The lowest BCUT2D eigenvalue weighted by atomic mass is 10.1. The van der Waals surface area contributed by atoms with Crippen LogP contribution in [0.4, 0.5) is 0 Å². The third-order valence-corrected chi connectivity index (χ3v) is 2.62. The predicted octanol–water partition coefficient (Wildman–Crippen LogP) is 3.21. The highest BCUT2D eigenvalue weighted by Gasteiger charge is 1.96. The van der Waals surface area contributed by atoms with Gasteiger partial charge in [0, 0.05) is 10.9 Å². The molecule has 62 valence electrons. The van der Waals surface area contributed by atoms with E-state index in [9.17, 15) is 0 Å². The van der Waals surface area contributed by atoms with Gasteiger partial charge in [-0.15, -0.1) is 0 Å². The van der Waals surface area contributed by atoms with Crippen molar-refractivity contribution in [2.24, 2.45) is 0 Å². The van der Waals surface area contributed by atoms with Crippen LogP contribution in [0.1, 0.15) is 17.5 Å². The molecule has 0 aliphatic rings. The molecule has 0 saturated carbocycles. The molecule has 1 aromatic carbocycles. The zero-order chi connectivity index (χ0) is 8.97. The summed E-state index contributed by atoms with van der Waals surface area (Å²) in [5.41, 5.74) is 2.45. The maximum absolute atomic E-state index is 8.39. The van der Waals surface area contributed by atoms with Gasteiger partial charge in [-0.1, -0.05) is 28.1 Å². The van der Waals surface area contributed by atoms with E-state index in [1.54, 1.807) is 0 Å². The van der Waals surface area contributed by atoms with E-state index in [1.165, 1.54) is 11.1 Å². The minimum atomic E-state index is 0.593. The van der Waals surface area contributed by atoms with Crippen LogP contribution in [0.15, 0.2) is 22.7 Å². The number of benzene rings is 1. The van der Waals surface area contributed by atoms with Crippen LogP contribution < -0.4 is 0 Å². The average Bonchev–Trinajstić information content (AvgIpc) is 2.07. The van der Waals surface area contributed by atoms with Gasteiger partial charge in [0.05, 0.1) is 6.07 Å². The Hall–Kier alpha value is -0.810. The second-order valence-electron chi connectivity index (χ2n) is 2.74. The van der Waals surface area contributed by atoms with E-state index < -0.39 is 0 Å². The standard InChI is InChI=1S/C10H10BrN/c1-8-4-5-9(3-2-6-12)7-10(8)11/h4-5,7H,2-3H2,1H3. The number of halogens is 1. The lowest BCUT2D eigenvalue weighted by Gasteiger charge is -2.00. The van der Waals surface area contributed by atoms with E-state index in [1.807, 2.05) is 0 Å². The van der Waals surface area contributed by atoms with Crippen molar-refractivity contribution < 1.29 is 0 Å².